The van der Waals surface area contributed by atoms with Gasteiger partial charge in [-0.3, -0.25) is 0 Å². The summed E-state index contributed by atoms with van der Waals surface area (Å²) in [5.41, 5.74) is 2.73. The Morgan fingerprint density at radius 3 is 2.71 bits per heavy atom. The molecule has 0 atom stereocenters. The third-order valence-corrected chi connectivity index (χ3v) is 5.84. The van der Waals surface area contributed by atoms with E-state index in [0.717, 1.165) is 45.2 Å². The number of benzene rings is 1. The van der Waals surface area contributed by atoms with Gasteiger partial charge in [-0.05, 0) is 49.7 Å². The molecule has 0 saturated heterocycles. The molecule has 3 rings (SSSR count). The number of hydrogen-bond acceptors (Lipinski definition) is 4. The highest BCUT2D eigenvalue weighted by atomic mass is 127. The lowest BCUT2D eigenvalue weighted by atomic mass is 9.83. The van der Waals surface area contributed by atoms with E-state index < -0.39 is 0 Å². The van der Waals surface area contributed by atoms with Crippen LogP contribution in [0.4, 0.5) is 0 Å². The van der Waals surface area contributed by atoms with Crippen molar-refractivity contribution in [1.82, 2.24) is 25.4 Å². The Morgan fingerprint density at radius 1 is 1.19 bits per heavy atom. The second kappa shape index (κ2) is 13.7. The maximum absolute atomic E-state index is 5.64. The first-order chi connectivity index (χ1) is 14.7. The van der Waals surface area contributed by atoms with Crippen LogP contribution in [-0.2, 0) is 17.8 Å². The summed E-state index contributed by atoms with van der Waals surface area (Å²) in [4.78, 5) is 8.85. The summed E-state index contributed by atoms with van der Waals surface area (Å²) in [5.74, 6) is 0.891. The monoisotopic (exact) mass is 540 g/mol. The van der Waals surface area contributed by atoms with Gasteiger partial charge >= 0.3 is 0 Å². The smallest absolute Gasteiger partial charge is 0.191 e. The predicted octanol–water partition coefficient (Wildman–Crippen LogP) is 3.99. The maximum atomic E-state index is 5.64. The highest BCUT2D eigenvalue weighted by Crippen LogP contribution is 2.40. The second-order valence-electron chi connectivity index (χ2n) is 8.12. The number of nitrogens with one attached hydrogen (secondary N) is 2. The van der Waals surface area contributed by atoms with E-state index in [1.807, 2.05) is 4.68 Å². The fourth-order valence-corrected chi connectivity index (χ4v) is 4.18. The molecule has 1 aliphatic rings. The Hall–Kier alpha value is -1.68. The first-order valence-electron chi connectivity index (χ1n) is 11.2. The molecule has 31 heavy (non-hydrogen) atoms. The zero-order valence-electron chi connectivity index (χ0n) is 18.8. The van der Waals surface area contributed by atoms with Crippen LogP contribution in [0.5, 0.6) is 0 Å². The average Bonchev–Trinajstić information content (AvgIpc) is 3.43. The van der Waals surface area contributed by atoms with Gasteiger partial charge in [-0.25, -0.2) is 14.7 Å². The molecule has 1 aromatic carbocycles. The van der Waals surface area contributed by atoms with E-state index in [9.17, 15) is 0 Å². The van der Waals surface area contributed by atoms with Crippen molar-refractivity contribution in [3.63, 3.8) is 0 Å². The van der Waals surface area contributed by atoms with Crippen LogP contribution in [0.2, 0.25) is 0 Å². The van der Waals surface area contributed by atoms with Gasteiger partial charge in [-0.1, -0.05) is 37.1 Å². The first-order valence-corrected chi connectivity index (χ1v) is 11.2. The summed E-state index contributed by atoms with van der Waals surface area (Å²) >= 11 is 0. The van der Waals surface area contributed by atoms with Crippen LogP contribution in [0.3, 0.4) is 0 Å². The van der Waals surface area contributed by atoms with Crippen LogP contribution >= 0.6 is 24.0 Å². The van der Waals surface area contributed by atoms with Crippen molar-refractivity contribution in [3.05, 3.63) is 48.0 Å². The van der Waals surface area contributed by atoms with E-state index >= 15 is 0 Å². The molecule has 1 aromatic heterocycles. The summed E-state index contributed by atoms with van der Waals surface area (Å²) in [6.45, 7) is 8.99. The fraction of sp³-hybridized carbons (Fsp3) is 0.609. The Kier molecular flexibility index (Phi) is 11.3. The van der Waals surface area contributed by atoms with E-state index in [0.29, 0.717) is 12.0 Å². The van der Waals surface area contributed by atoms with Crippen molar-refractivity contribution in [3.8, 4) is 0 Å². The summed E-state index contributed by atoms with van der Waals surface area (Å²) < 4.78 is 7.48. The SMILES string of the molecule is CCNC(=NCc1cccc(Cn2cncn2)c1)NCC1(CCOCC)CCCC1.I. The molecule has 0 amide bonds. The number of hydrogen-bond donors (Lipinski definition) is 2. The van der Waals surface area contributed by atoms with Crippen LogP contribution in [0.15, 0.2) is 41.9 Å². The van der Waals surface area contributed by atoms with Crippen molar-refractivity contribution in [2.45, 2.75) is 59.0 Å². The molecule has 0 spiro atoms. The molecule has 1 saturated carbocycles. The van der Waals surface area contributed by atoms with Crippen molar-refractivity contribution in [2.75, 3.05) is 26.3 Å². The molecule has 8 heteroatoms. The van der Waals surface area contributed by atoms with Gasteiger partial charge in [-0.2, -0.15) is 5.10 Å². The molecule has 0 unspecified atom stereocenters. The molecule has 1 aliphatic carbocycles. The van der Waals surface area contributed by atoms with Gasteiger partial charge < -0.3 is 15.4 Å². The zero-order chi connectivity index (χ0) is 21.1. The maximum Gasteiger partial charge on any atom is 0.191 e. The van der Waals surface area contributed by atoms with Crippen molar-refractivity contribution >= 4 is 29.9 Å². The molecule has 0 bridgehead atoms. The van der Waals surface area contributed by atoms with E-state index in [1.165, 1.54) is 36.8 Å². The van der Waals surface area contributed by atoms with Gasteiger partial charge in [0.2, 0.25) is 0 Å². The van der Waals surface area contributed by atoms with Crippen molar-refractivity contribution in [1.29, 1.82) is 0 Å². The molecule has 1 heterocycles. The van der Waals surface area contributed by atoms with Crippen LogP contribution in [0.25, 0.3) is 0 Å². The molecular formula is C23H37IN6O. The first kappa shape index (κ1) is 25.6. The number of aliphatic imine (C=N–C) groups is 1. The highest BCUT2D eigenvalue weighted by molar-refractivity contribution is 14.0. The molecule has 1 fully saturated rings. The highest BCUT2D eigenvalue weighted by Gasteiger charge is 2.33. The fourth-order valence-electron chi connectivity index (χ4n) is 4.18. The molecule has 0 aliphatic heterocycles. The van der Waals surface area contributed by atoms with Crippen molar-refractivity contribution in [2.24, 2.45) is 10.4 Å². The molecule has 172 valence electrons. The van der Waals surface area contributed by atoms with Crippen molar-refractivity contribution < 1.29 is 4.74 Å². The molecule has 2 aromatic rings. The Balaban J connectivity index is 0.00000341. The molecule has 7 nitrogen and oxygen atoms in total. The lowest BCUT2D eigenvalue weighted by Crippen LogP contribution is -2.43. The molecular weight excluding hydrogens is 503 g/mol. The van der Waals surface area contributed by atoms with Gasteiger partial charge in [0.1, 0.15) is 12.7 Å². The van der Waals surface area contributed by atoms with Gasteiger partial charge in [-0.15, -0.1) is 24.0 Å². The van der Waals surface area contributed by atoms with Crippen LogP contribution in [0, 0.1) is 5.41 Å². The second-order valence-corrected chi connectivity index (χ2v) is 8.12. The summed E-state index contributed by atoms with van der Waals surface area (Å²) in [6, 6.07) is 8.51. The van der Waals surface area contributed by atoms with Crippen LogP contribution in [-0.4, -0.2) is 47.0 Å². The standard InChI is InChI=1S/C23H36N6O.HI/c1-3-25-22(27-17-23(10-5-6-11-23)12-13-30-4-2)26-15-20-8-7-9-21(14-20)16-29-19-24-18-28-29;/h7-9,14,18-19H,3-6,10-13,15-17H2,1-2H3,(H2,25,26,27);1H. The minimum Gasteiger partial charge on any atom is -0.382 e. The van der Waals surface area contributed by atoms with Gasteiger partial charge in [0.15, 0.2) is 5.96 Å². The average molecular weight is 540 g/mol. The van der Waals surface area contributed by atoms with E-state index in [1.54, 1.807) is 12.7 Å². The van der Waals surface area contributed by atoms with Gasteiger partial charge in [0.25, 0.3) is 0 Å². The third kappa shape index (κ3) is 8.40. The Labute approximate surface area is 203 Å². The number of ether oxygens (including phenoxy) is 1. The number of rotatable bonds is 11. The van der Waals surface area contributed by atoms with Gasteiger partial charge in [0.05, 0.1) is 13.1 Å². The normalized spacial score (nSPS) is 15.5. The minimum atomic E-state index is 0. The number of halogens is 1. The lowest BCUT2D eigenvalue weighted by molar-refractivity contribution is 0.105. The Bertz CT molecular complexity index is 774. The molecule has 2 N–H and O–H groups in total. The number of aromatic nitrogens is 3. The van der Waals surface area contributed by atoms with E-state index in [2.05, 4.69) is 58.8 Å². The summed E-state index contributed by atoms with van der Waals surface area (Å²) in [7, 11) is 0. The predicted molar refractivity (Wildman–Crippen MR) is 136 cm³/mol. The summed E-state index contributed by atoms with van der Waals surface area (Å²) in [5, 5.41) is 11.2. The minimum absolute atomic E-state index is 0. The quantitative estimate of drug-likeness (QED) is 0.195. The van der Waals surface area contributed by atoms with Crippen LogP contribution < -0.4 is 10.6 Å². The topological polar surface area (TPSA) is 76.4 Å². The third-order valence-electron chi connectivity index (χ3n) is 5.84. The largest absolute Gasteiger partial charge is 0.382 e. The van der Waals surface area contributed by atoms with E-state index in [-0.39, 0.29) is 24.0 Å². The zero-order valence-corrected chi connectivity index (χ0v) is 21.2. The summed E-state index contributed by atoms with van der Waals surface area (Å²) in [6.07, 6.45) is 9.61. The Morgan fingerprint density at radius 2 is 2.00 bits per heavy atom. The number of nitrogens with zero attached hydrogens (tertiary/aromatic N) is 4. The molecule has 0 radical (unpaired) electrons. The van der Waals surface area contributed by atoms with Crippen LogP contribution in [0.1, 0.15) is 57.1 Å². The van der Waals surface area contributed by atoms with E-state index in [4.69, 9.17) is 9.73 Å². The number of guanidine groups is 1. The van der Waals surface area contributed by atoms with Gasteiger partial charge in [0, 0.05) is 26.3 Å². The lowest BCUT2D eigenvalue weighted by Gasteiger charge is -2.30.